The van der Waals surface area contributed by atoms with E-state index in [0.29, 0.717) is 6.54 Å². The van der Waals surface area contributed by atoms with Crippen LogP contribution in [0.3, 0.4) is 0 Å². The van der Waals surface area contributed by atoms with Crippen LogP contribution in [0.5, 0.6) is 0 Å². The molecule has 5 heteroatoms. The van der Waals surface area contributed by atoms with Crippen LogP contribution in [0.1, 0.15) is 6.92 Å². The topological polar surface area (TPSA) is 66.4 Å². The van der Waals surface area contributed by atoms with Gasteiger partial charge in [0.1, 0.15) is 0 Å². The van der Waals surface area contributed by atoms with Gasteiger partial charge in [0, 0.05) is 6.54 Å². The van der Waals surface area contributed by atoms with E-state index in [1.807, 2.05) is 6.92 Å². The Morgan fingerprint density at radius 3 is 2.54 bits per heavy atom. The van der Waals surface area contributed by atoms with E-state index in [-0.39, 0.29) is 17.4 Å². The van der Waals surface area contributed by atoms with Gasteiger partial charge in [-0.15, -0.1) is 11.8 Å². The third kappa shape index (κ3) is 8.94. The van der Waals surface area contributed by atoms with Gasteiger partial charge >= 0.3 is 5.97 Å². The number of carbonyl (C=O) groups is 2. The standard InChI is InChI=1S/C8H13NO3S/c1-6(2)3-9-7(10)4-13-5-8(11)12/h1,3-5H2,2H3,(H,9,10)(H,11,12). The van der Waals surface area contributed by atoms with Crippen LogP contribution in [0.4, 0.5) is 0 Å². The number of nitrogens with one attached hydrogen (secondary N) is 1. The lowest BCUT2D eigenvalue weighted by Gasteiger charge is -2.02. The number of aliphatic carboxylic acids is 1. The van der Waals surface area contributed by atoms with E-state index in [1.54, 1.807) is 0 Å². The molecule has 2 N–H and O–H groups in total. The van der Waals surface area contributed by atoms with Crippen molar-refractivity contribution in [2.45, 2.75) is 6.92 Å². The molecule has 0 aliphatic rings. The highest BCUT2D eigenvalue weighted by Gasteiger charge is 2.02. The summed E-state index contributed by atoms with van der Waals surface area (Å²) in [5.74, 6) is -0.924. The number of hydrogen-bond acceptors (Lipinski definition) is 3. The van der Waals surface area contributed by atoms with Crippen LogP contribution in [0.2, 0.25) is 0 Å². The highest BCUT2D eigenvalue weighted by atomic mass is 32.2. The van der Waals surface area contributed by atoms with Gasteiger partial charge in [-0.05, 0) is 6.92 Å². The van der Waals surface area contributed by atoms with Gasteiger partial charge in [-0.3, -0.25) is 9.59 Å². The molecule has 0 aliphatic carbocycles. The summed E-state index contributed by atoms with van der Waals surface area (Å²) in [6.45, 7) is 5.88. The number of rotatable bonds is 6. The maximum absolute atomic E-state index is 11.0. The fourth-order valence-corrected chi connectivity index (χ4v) is 1.10. The van der Waals surface area contributed by atoms with Gasteiger partial charge in [-0.1, -0.05) is 12.2 Å². The average Bonchev–Trinajstić information content (AvgIpc) is 2.00. The van der Waals surface area contributed by atoms with Gasteiger partial charge in [0.05, 0.1) is 11.5 Å². The fourth-order valence-electron chi connectivity index (χ4n) is 0.532. The Labute approximate surface area is 81.4 Å². The summed E-state index contributed by atoms with van der Waals surface area (Å²) in [5, 5.41) is 10.9. The molecule has 0 saturated heterocycles. The molecule has 13 heavy (non-hydrogen) atoms. The number of carbonyl (C=O) groups excluding carboxylic acids is 1. The molecule has 0 radical (unpaired) electrons. The first-order valence-corrected chi connectivity index (χ1v) is 4.88. The van der Waals surface area contributed by atoms with E-state index < -0.39 is 5.97 Å². The van der Waals surface area contributed by atoms with Crippen molar-refractivity contribution >= 4 is 23.6 Å². The van der Waals surface area contributed by atoms with Crippen molar-refractivity contribution in [1.82, 2.24) is 5.32 Å². The minimum atomic E-state index is -0.905. The van der Waals surface area contributed by atoms with Gasteiger partial charge in [0.25, 0.3) is 0 Å². The van der Waals surface area contributed by atoms with Crippen molar-refractivity contribution in [2.75, 3.05) is 18.1 Å². The Morgan fingerprint density at radius 2 is 2.08 bits per heavy atom. The van der Waals surface area contributed by atoms with Crippen LogP contribution < -0.4 is 5.32 Å². The highest BCUT2D eigenvalue weighted by Crippen LogP contribution is 1.98. The van der Waals surface area contributed by atoms with Gasteiger partial charge in [0.2, 0.25) is 5.91 Å². The van der Waals surface area contributed by atoms with Crippen molar-refractivity contribution in [3.63, 3.8) is 0 Å². The van der Waals surface area contributed by atoms with Gasteiger partial charge in [-0.25, -0.2) is 0 Å². The maximum atomic E-state index is 11.0. The van der Waals surface area contributed by atoms with E-state index in [9.17, 15) is 9.59 Å². The Balaban J connectivity index is 3.41. The summed E-state index contributed by atoms with van der Waals surface area (Å²) in [6.07, 6.45) is 0. The lowest BCUT2D eigenvalue weighted by atomic mass is 10.3. The second-order valence-electron chi connectivity index (χ2n) is 2.62. The molecule has 0 aromatic rings. The normalized spacial score (nSPS) is 9.31. The third-order valence-electron chi connectivity index (χ3n) is 1.05. The Morgan fingerprint density at radius 1 is 1.46 bits per heavy atom. The minimum Gasteiger partial charge on any atom is -0.481 e. The van der Waals surface area contributed by atoms with E-state index >= 15 is 0 Å². The van der Waals surface area contributed by atoms with Crippen LogP contribution >= 0.6 is 11.8 Å². The average molecular weight is 203 g/mol. The molecule has 4 nitrogen and oxygen atoms in total. The van der Waals surface area contributed by atoms with Gasteiger partial charge in [-0.2, -0.15) is 0 Å². The molecule has 0 aromatic heterocycles. The van der Waals surface area contributed by atoms with Crippen LogP contribution in [-0.2, 0) is 9.59 Å². The smallest absolute Gasteiger partial charge is 0.313 e. The Bertz CT molecular complexity index is 215. The van der Waals surface area contributed by atoms with Crippen molar-refractivity contribution in [1.29, 1.82) is 0 Å². The Kier molecular flexibility index (Phi) is 6.05. The summed E-state index contributed by atoms with van der Waals surface area (Å²) in [5.41, 5.74) is 0.872. The predicted octanol–water partition coefficient (Wildman–Crippen LogP) is 0.496. The molecule has 0 saturated carbocycles. The number of carboxylic acids is 1. The van der Waals surface area contributed by atoms with E-state index in [2.05, 4.69) is 11.9 Å². The van der Waals surface area contributed by atoms with Gasteiger partial charge < -0.3 is 10.4 Å². The fraction of sp³-hybridized carbons (Fsp3) is 0.500. The molecule has 0 fully saturated rings. The molecular weight excluding hydrogens is 190 g/mol. The predicted molar refractivity (Wildman–Crippen MR) is 52.8 cm³/mol. The summed E-state index contributed by atoms with van der Waals surface area (Å²) >= 11 is 1.08. The number of carboxylic acid groups (broad SMARTS) is 1. The zero-order chi connectivity index (χ0) is 10.3. The van der Waals surface area contributed by atoms with Crippen molar-refractivity contribution in [3.05, 3.63) is 12.2 Å². The number of hydrogen-bond donors (Lipinski definition) is 2. The maximum Gasteiger partial charge on any atom is 0.313 e. The minimum absolute atomic E-state index is 0.0412. The number of amides is 1. The second kappa shape index (κ2) is 6.54. The van der Waals surface area contributed by atoms with Crippen molar-refractivity contribution in [3.8, 4) is 0 Å². The van der Waals surface area contributed by atoms with Crippen LogP contribution in [0, 0.1) is 0 Å². The lowest BCUT2D eigenvalue weighted by Crippen LogP contribution is -2.26. The number of thioether (sulfide) groups is 1. The molecule has 0 unspecified atom stereocenters. The zero-order valence-corrected chi connectivity index (χ0v) is 8.32. The quantitative estimate of drug-likeness (QED) is 0.617. The van der Waals surface area contributed by atoms with E-state index in [1.165, 1.54) is 0 Å². The first-order chi connectivity index (χ1) is 6.02. The van der Waals surface area contributed by atoms with Crippen molar-refractivity contribution < 1.29 is 14.7 Å². The molecule has 0 rings (SSSR count). The van der Waals surface area contributed by atoms with Gasteiger partial charge in [0.15, 0.2) is 0 Å². The molecule has 0 bridgehead atoms. The lowest BCUT2D eigenvalue weighted by molar-refractivity contribution is -0.133. The summed E-state index contributed by atoms with van der Waals surface area (Å²) < 4.78 is 0. The molecule has 1 amide bonds. The molecular formula is C8H13NO3S. The largest absolute Gasteiger partial charge is 0.481 e. The summed E-state index contributed by atoms with van der Waals surface area (Å²) in [7, 11) is 0. The first kappa shape index (κ1) is 12.0. The third-order valence-corrected chi connectivity index (χ3v) is 1.96. The van der Waals surface area contributed by atoms with E-state index in [0.717, 1.165) is 17.3 Å². The molecule has 0 aliphatic heterocycles. The monoisotopic (exact) mass is 203 g/mol. The SMILES string of the molecule is C=C(C)CNC(=O)CSCC(=O)O. The molecule has 74 valence electrons. The second-order valence-corrected chi connectivity index (χ2v) is 3.61. The first-order valence-electron chi connectivity index (χ1n) is 3.73. The van der Waals surface area contributed by atoms with Crippen molar-refractivity contribution in [2.24, 2.45) is 0 Å². The summed E-state index contributed by atoms with van der Waals surface area (Å²) in [4.78, 5) is 21.0. The van der Waals surface area contributed by atoms with Crippen LogP contribution in [-0.4, -0.2) is 35.0 Å². The van der Waals surface area contributed by atoms with Crippen LogP contribution in [0.25, 0.3) is 0 Å². The van der Waals surface area contributed by atoms with Crippen LogP contribution in [0.15, 0.2) is 12.2 Å². The molecule has 0 aromatic carbocycles. The molecule has 0 heterocycles. The summed E-state index contributed by atoms with van der Waals surface area (Å²) in [6, 6.07) is 0. The van der Waals surface area contributed by atoms with E-state index in [4.69, 9.17) is 5.11 Å². The highest BCUT2D eigenvalue weighted by molar-refractivity contribution is 8.00. The Hall–Kier alpha value is -0.970. The zero-order valence-electron chi connectivity index (χ0n) is 7.50. The molecule has 0 atom stereocenters. The molecule has 0 spiro atoms.